The fourth-order valence-electron chi connectivity index (χ4n) is 1.86. The van der Waals surface area contributed by atoms with E-state index in [9.17, 15) is 8.42 Å². The molecule has 0 fully saturated rings. The van der Waals surface area contributed by atoms with Crippen LogP contribution in [0.1, 0.15) is 5.56 Å². The third kappa shape index (κ3) is 3.38. The van der Waals surface area contributed by atoms with Crippen LogP contribution >= 0.6 is 22.9 Å². The summed E-state index contributed by atoms with van der Waals surface area (Å²) in [6, 6.07) is 12.7. The van der Waals surface area contributed by atoms with Gasteiger partial charge in [0.05, 0.1) is 16.2 Å². The number of hydrogen-bond acceptors (Lipinski definition) is 4. The highest BCUT2D eigenvalue weighted by Crippen LogP contribution is 2.25. The normalized spacial score (nSPS) is 11.7. The average molecular weight is 354 g/mol. The van der Waals surface area contributed by atoms with Crippen molar-refractivity contribution in [3.8, 4) is 5.69 Å². The van der Waals surface area contributed by atoms with Crippen molar-refractivity contribution in [2.75, 3.05) is 0 Å². The van der Waals surface area contributed by atoms with Gasteiger partial charge in [0.2, 0.25) is 10.0 Å². The van der Waals surface area contributed by atoms with Gasteiger partial charge in [0.15, 0.2) is 0 Å². The first-order chi connectivity index (χ1) is 10.5. The molecule has 3 rings (SSSR count). The fraction of sp³-hybridized carbons (Fsp3) is 0.0714. The zero-order chi connectivity index (χ0) is 15.6. The van der Waals surface area contributed by atoms with Crippen LogP contribution in [0.15, 0.2) is 59.1 Å². The molecule has 0 saturated heterocycles. The highest BCUT2D eigenvalue weighted by atomic mass is 35.5. The van der Waals surface area contributed by atoms with E-state index < -0.39 is 10.0 Å². The quantitative estimate of drug-likeness (QED) is 0.766. The van der Waals surface area contributed by atoms with Gasteiger partial charge in [0, 0.05) is 18.3 Å². The molecule has 0 spiro atoms. The molecule has 0 aliphatic heterocycles. The van der Waals surface area contributed by atoms with E-state index in [1.54, 1.807) is 23.1 Å². The Labute approximate surface area is 137 Å². The zero-order valence-corrected chi connectivity index (χ0v) is 13.7. The second-order valence-electron chi connectivity index (χ2n) is 4.51. The highest BCUT2D eigenvalue weighted by Gasteiger charge is 2.16. The van der Waals surface area contributed by atoms with E-state index >= 15 is 0 Å². The Balaban J connectivity index is 1.71. The molecule has 0 amide bonds. The lowest BCUT2D eigenvalue weighted by Gasteiger charge is -2.02. The topological polar surface area (TPSA) is 64.0 Å². The van der Waals surface area contributed by atoms with Crippen LogP contribution < -0.4 is 4.72 Å². The van der Waals surface area contributed by atoms with E-state index in [1.807, 2.05) is 30.3 Å². The van der Waals surface area contributed by atoms with Gasteiger partial charge in [-0.3, -0.25) is 0 Å². The van der Waals surface area contributed by atoms with Crippen LogP contribution in [0, 0.1) is 0 Å². The maximum Gasteiger partial charge on any atom is 0.250 e. The largest absolute Gasteiger partial charge is 0.250 e. The molecule has 2 heterocycles. The van der Waals surface area contributed by atoms with Gasteiger partial charge < -0.3 is 0 Å². The van der Waals surface area contributed by atoms with Crippen LogP contribution in [0.4, 0.5) is 0 Å². The lowest BCUT2D eigenvalue weighted by atomic mass is 10.3. The molecule has 1 N–H and O–H groups in total. The summed E-state index contributed by atoms with van der Waals surface area (Å²) in [6.45, 7) is 0.171. The molecule has 5 nitrogen and oxygen atoms in total. The van der Waals surface area contributed by atoms with E-state index in [-0.39, 0.29) is 10.8 Å². The van der Waals surface area contributed by atoms with Gasteiger partial charge in [-0.1, -0.05) is 29.8 Å². The first-order valence-corrected chi connectivity index (χ1v) is 9.06. The van der Waals surface area contributed by atoms with Crippen molar-refractivity contribution in [3.63, 3.8) is 0 Å². The third-order valence-corrected chi connectivity index (χ3v) is 6.06. The van der Waals surface area contributed by atoms with Crippen LogP contribution in [-0.4, -0.2) is 18.2 Å². The molecule has 114 valence electrons. The van der Waals surface area contributed by atoms with Crippen molar-refractivity contribution in [2.24, 2.45) is 0 Å². The molecule has 1 aromatic carbocycles. The fourth-order valence-corrected chi connectivity index (χ4v) is 4.41. The van der Waals surface area contributed by atoms with Gasteiger partial charge in [-0.2, -0.15) is 5.10 Å². The van der Waals surface area contributed by atoms with Gasteiger partial charge in [0.25, 0.3) is 0 Å². The van der Waals surface area contributed by atoms with Crippen LogP contribution in [0.25, 0.3) is 5.69 Å². The Hall–Kier alpha value is -1.67. The number of nitrogens with one attached hydrogen (secondary N) is 1. The first-order valence-electron chi connectivity index (χ1n) is 6.38. The van der Waals surface area contributed by atoms with Gasteiger partial charge in [0.1, 0.15) is 4.21 Å². The monoisotopic (exact) mass is 353 g/mol. The molecular formula is C14H12ClN3O2S2. The van der Waals surface area contributed by atoms with E-state index in [4.69, 9.17) is 11.6 Å². The second-order valence-corrected chi connectivity index (χ2v) is 8.22. The average Bonchev–Trinajstić information content (AvgIpc) is 3.15. The van der Waals surface area contributed by atoms with Crippen LogP contribution in [0.5, 0.6) is 0 Å². The summed E-state index contributed by atoms with van der Waals surface area (Å²) in [5, 5.41) is 4.23. The Morgan fingerprint density at radius 3 is 2.64 bits per heavy atom. The molecule has 0 unspecified atom stereocenters. The Bertz CT molecular complexity index is 872. The zero-order valence-electron chi connectivity index (χ0n) is 11.3. The van der Waals surface area contributed by atoms with Gasteiger partial charge in [-0.25, -0.2) is 17.8 Å². The van der Waals surface area contributed by atoms with Crippen LogP contribution in [0.3, 0.4) is 0 Å². The predicted octanol–water partition coefficient (Wildman–Crippen LogP) is 3.07. The van der Waals surface area contributed by atoms with Crippen LogP contribution in [-0.2, 0) is 16.6 Å². The summed E-state index contributed by atoms with van der Waals surface area (Å²) < 4.78 is 29.1. The molecule has 22 heavy (non-hydrogen) atoms. The Morgan fingerprint density at radius 2 is 1.95 bits per heavy atom. The smallest absolute Gasteiger partial charge is 0.241 e. The van der Waals surface area contributed by atoms with Crippen molar-refractivity contribution in [1.82, 2.24) is 14.5 Å². The number of halogens is 1. The molecule has 3 aromatic rings. The van der Waals surface area contributed by atoms with Gasteiger partial charge >= 0.3 is 0 Å². The van der Waals surface area contributed by atoms with Crippen molar-refractivity contribution in [3.05, 3.63) is 64.8 Å². The minimum atomic E-state index is -3.55. The van der Waals surface area contributed by atoms with Gasteiger partial charge in [-0.15, -0.1) is 11.3 Å². The van der Waals surface area contributed by atoms with Crippen molar-refractivity contribution in [1.29, 1.82) is 0 Å². The summed E-state index contributed by atoms with van der Waals surface area (Å²) in [4.78, 5) is 0. The molecule has 8 heteroatoms. The number of aromatic nitrogens is 2. The molecule has 2 aromatic heterocycles. The van der Waals surface area contributed by atoms with E-state index in [1.165, 1.54) is 6.07 Å². The summed E-state index contributed by atoms with van der Waals surface area (Å²) in [5.41, 5.74) is 1.69. The minimum absolute atomic E-state index is 0.171. The number of para-hydroxylation sites is 1. The van der Waals surface area contributed by atoms with E-state index in [0.717, 1.165) is 22.6 Å². The Morgan fingerprint density at radius 1 is 1.18 bits per heavy atom. The third-order valence-electron chi connectivity index (χ3n) is 2.94. The van der Waals surface area contributed by atoms with Crippen molar-refractivity contribution < 1.29 is 8.42 Å². The maximum atomic E-state index is 12.1. The molecular weight excluding hydrogens is 342 g/mol. The second kappa shape index (κ2) is 6.21. The number of thiophene rings is 1. The molecule has 0 radical (unpaired) electrons. The Kier molecular flexibility index (Phi) is 4.30. The molecule has 0 aliphatic rings. The molecule has 0 aliphatic carbocycles. The minimum Gasteiger partial charge on any atom is -0.241 e. The highest BCUT2D eigenvalue weighted by molar-refractivity contribution is 7.91. The lowest BCUT2D eigenvalue weighted by molar-refractivity contribution is 0.583. The number of nitrogens with zero attached hydrogens (tertiary/aromatic N) is 2. The summed E-state index contributed by atoms with van der Waals surface area (Å²) in [5.74, 6) is 0. The van der Waals surface area contributed by atoms with Crippen molar-refractivity contribution >= 4 is 33.0 Å². The number of hydrogen-bond donors (Lipinski definition) is 1. The van der Waals surface area contributed by atoms with Gasteiger partial charge in [-0.05, 0) is 24.3 Å². The number of rotatable bonds is 5. The predicted molar refractivity (Wildman–Crippen MR) is 86.9 cm³/mol. The van der Waals surface area contributed by atoms with Crippen LogP contribution in [0.2, 0.25) is 4.34 Å². The molecule has 0 bridgehead atoms. The standard InChI is InChI=1S/C14H12ClN3O2S2/c15-13-6-7-14(21-13)22(19,20)17-9-11-8-16-18(10-11)12-4-2-1-3-5-12/h1-8,10,17H,9H2. The number of sulfonamides is 1. The lowest BCUT2D eigenvalue weighted by Crippen LogP contribution is -2.22. The van der Waals surface area contributed by atoms with Crippen molar-refractivity contribution in [2.45, 2.75) is 10.8 Å². The maximum absolute atomic E-state index is 12.1. The molecule has 0 atom stereocenters. The first kappa shape index (κ1) is 15.2. The van der Waals surface area contributed by atoms with E-state index in [0.29, 0.717) is 4.34 Å². The summed E-state index contributed by atoms with van der Waals surface area (Å²) in [6.07, 6.45) is 3.43. The summed E-state index contributed by atoms with van der Waals surface area (Å²) in [7, 11) is -3.55. The van der Waals surface area contributed by atoms with E-state index in [2.05, 4.69) is 9.82 Å². The summed E-state index contributed by atoms with van der Waals surface area (Å²) >= 11 is 6.79. The molecule has 0 saturated carbocycles. The number of benzene rings is 1. The SMILES string of the molecule is O=S(=O)(NCc1cnn(-c2ccccc2)c1)c1ccc(Cl)s1.